The Bertz CT molecular complexity index is 1850. The van der Waals surface area contributed by atoms with E-state index in [1.165, 1.54) is 24.3 Å². The quantitative estimate of drug-likeness (QED) is 0.315. The number of aromatic hydroxyl groups is 1. The van der Waals surface area contributed by atoms with Gasteiger partial charge in [-0.05, 0) is 81.6 Å². The molecule has 0 aliphatic carbocycles. The van der Waals surface area contributed by atoms with Crippen LogP contribution < -0.4 is 9.64 Å². The Morgan fingerprint density at radius 2 is 1.91 bits per heavy atom. The van der Waals surface area contributed by atoms with Crippen LogP contribution in [0.1, 0.15) is 49.8 Å². The highest BCUT2D eigenvalue weighted by Crippen LogP contribution is 2.43. The zero-order valence-corrected chi connectivity index (χ0v) is 24.4. The molecule has 226 valence electrons. The van der Waals surface area contributed by atoms with Crippen molar-refractivity contribution in [3.05, 3.63) is 47.2 Å². The van der Waals surface area contributed by atoms with E-state index in [0.29, 0.717) is 60.5 Å². The van der Waals surface area contributed by atoms with Gasteiger partial charge in [0.2, 0.25) is 0 Å². The molecular weight excluding hydrogens is 564 g/mol. The fourth-order valence-corrected chi connectivity index (χ4v) is 7.90. The van der Waals surface area contributed by atoms with Gasteiger partial charge in [0, 0.05) is 24.1 Å². The number of phenolic OH excluding ortho intramolecular Hbond substituents is 1. The summed E-state index contributed by atoms with van der Waals surface area (Å²) in [5, 5.41) is 12.0. The number of phenols is 1. The number of rotatable bonds is 4. The Kier molecular flexibility index (Phi) is 6.58. The highest BCUT2D eigenvalue weighted by atomic mass is 19.1. The van der Waals surface area contributed by atoms with Crippen molar-refractivity contribution in [1.82, 2.24) is 19.9 Å². The number of aromatic nitrogens is 3. The summed E-state index contributed by atoms with van der Waals surface area (Å²) in [5.41, 5.74) is 0.847. The van der Waals surface area contributed by atoms with Gasteiger partial charge in [-0.15, -0.1) is 6.42 Å². The number of pyridine rings is 1. The van der Waals surface area contributed by atoms with E-state index in [1.54, 1.807) is 0 Å². The van der Waals surface area contributed by atoms with Crippen molar-refractivity contribution in [3.63, 3.8) is 0 Å². The average Bonchev–Trinajstić information content (AvgIpc) is 3.46. The molecule has 4 aromatic rings. The van der Waals surface area contributed by atoms with Gasteiger partial charge < -0.3 is 19.5 Å². The van der Waals surface area contributed by atoms with Crippen LogP contribution in [0.25, 0.3) is 32.9 Å². The fraction of sp³-hybridized carbons (Fsp3) is 0.441. The van der Waals surface area contributed by atoms with Crippen molar-refractivity contribution in [2.24, 2.45) is 0 Å². The molecule has 0 amide bonds. The van der Waals surface area contributed by atoms with Gasteiger partial charge in [-0.3, -0.25) is 4.90 Å². The highest BCUT2D eigenvalue weighted by Gasteiger charge is 2.45. The minimum atomic E-state index is -0.692. The molecule has 0 bridgehead atoms. The summed E-state index contributed by atoms with van der Waals surface area (Å²) in [6.45, 7) is 4.46. The van der Waals surface area contributed by atoms with Gasteiger partial charge in [-0.25, -0.2) is 13.8 Å². The first-order valence-electron chi connectivity index (χ1n) is 15.5. The normalized spacial score (nSPS) is 21.1. The van der Waals surface area contributed by atoms with Crippen LogP contribution in [0, 0.1) is 24.0 Å². The van der Waals surface area contributed by atoms with E-state index in [-0.39, 0.29) is 45.7 Å². The van der Waals surface area contributed by atoms with E-state index < -0.39 is 11.6 Å². The predicted molar refractivity (Wildman–Crippen MR) is 163 cm³/mol. The van der Waals surface area contributed by atoms with Gasteiger partial charge in [0.1, 0.15) is 35.2 Å². The van der Waals surface area contributed by atoms with Crippen molar-refractivity contribution in [2.75, 3.05) is 44.4 Å². The molecule has 10 heteroatoms. The van der Waals surface area contributed by atoms with Crippen LogP contribution >= 0.6 is 0 Å². The first-order valence-corrected chi connectivity index (χ1v) is 15.5. The molecule has 4 aliphatic heterocycles. The molecule has 44 heavy (non-hydrogen) atoms. The number of hydrogen-bond donors (Lipinski definition) is 1. The maximum atomic E-state index is 17.0. The molecule has 1 unspecified atom stereocenters. The Morgan fingerprint density at radius 3 is 2.73 bits per heavy atom. The number of anilines is 1. The standard InChI is InChI=1S/C34H33F2N5O3/c1-2-23-25(35)8-6-20-16-22(42)17-24(27(20)23)30-29(36)31-28-26(37-30)9-7-21-18-43-15-5-14-41(21)32(28)39-33(38-31)44-19-34-10-3-12-40(34)13-4-11-34/h1,6,8,16-17,21,42H,3-5,7,9-15,18-19H2. The van der Waals surface area contributed by atoms with Gasteiger partial charge in [0.25, 0.3) is 0 Å². The number of terminal acetylenes is 1. The van der Waals surface area contributed by atoms with Crippen LogP contribution in [0.3, 0.4) is 0 Å². The minimum Gasteiger partial charge on any atom is -0.508 e. The zero-order chi connectivity index (χ0) is 30.0. The van der Waals surface area contributed by atoms with E-state index >= 15 is 4.39 Å². The lowest BCUT2D eigenvalue weighted by Crippen LogP contribution is -2.43. The van der Waals surface area contributed by atoms with Crippen molar-refractivity contribution in [1.29, 1.82) is 0 Å². The topological polar surface area (TPSA) is 83.8 Å². The molecule has 3 saturated heterocycles. The van der Waals surface area contributed by atoms with E-state index in [4.69, 9.17) is 30.8 Å². The van der Waals surface area contributed by atoms with Crippen LogP contribution in [0.4, 0.5) is 14.6 Å². The third-order valence-electron chi connectivity index (χ3n) is 9.98. The lowest BCUT2D eigenvalue weighted by atomic mass is 9.95. The van der Waals surface area contributed by atoms with Crippen LogP contribution in [-0.4, -0.2) is 76.0 Å². The highest BCUT2D eigenvalue weighted by molar-refractivity contribution is 6.03. The van der Waals surface area contributed by atoms with Crippen LogP contribution in [0.15, 0.2) is 24.3 Å². The molecule has 2 aromatic carbocycles. The molecule has 1 N–H and O–H groups in total. The first kappa shape index (κ1) is 27.5. The number of nitrogens with zero attached hydrogens (tertiary/aromatic N) is 5. The lowest BCUT2D eigenvalue weighted by molar-refractivity contribution is 0.108. The number of fused-ring (bicyclic) bond motifs is 4. The summed E-state index contributed by atoms with van der Waals surface area (Å²) in [6.07, 6.45) is 12.2. The predicted octanol–water partition coefficient (Wildman–Crippen LogP) is 5.36. The summed E-state index contributed by atoms with van der Waals surface area (Å²) < 4.78 is 44.2. The van der Waals surface area contributed by atoms with Crippen molar-refractivity contribution >= 4 is 27.5 Å². The maximum Gasteiger partial charge on any atom is 0.319 e. The molecule has 0 saturated carbocycles. The van der Waals surface area contributed by atoms with E-state index in [2.05, 4.69) is 15.7 Å². The molecule has 1 atom stereocenters. The Hall–Kier alpha value is -4.07. The SMILES string of the molecule is C#Cc1c(F)ccc2cc(O)cc(-c3nc4c5c(nc(OCC67CCCN6CCC7)nc5c3F)N3CCCOCC3CC4)c12. The third kappa shape index (κ3) is 4.28. The largest absolute Gasteiger partial charge is 0.508 e. The summed E-state index contributed by atoms with van der Waals surface area (Å²) in [7, 11) is 0. The fourth-order valence-electron chi connectivity index (χ4n) is 7.90. The van der Waals surface area contributed by atoms with Crippen LogP contribution in [0.2, 0.25) is 0 Å². The Balaban J connectivity index is 1.34. The molecule has 4 aliphatic rings. The number of halogens is 2. The number of aryl methyl sites for hydroxylation is 1. The maximum absolute atomic E-state index is 17.0. The Labute approximate surface area is 254 Å². The van der Waals surface area contributed by atoms with Crippen molar-refractivity contribution in [2.45, 2.75) is 56.5 Å². The molecule has 8 nitrogen and oxygen atoms in total. The van der Waals surface area contributed by atoms with Gasteiger partial charge in [0.15, 0.2) is 5.82 Å². The van der Waals surface area contributed by atoms with E-state index in [9.17, 15) is 9.50 Å². The van der Waals surface area contributed by atoms with Gasteiger partial charge in [0.05, 0.1) is 34.8 Å². The molecule has 6 heterocycles. The smallest absolute Gasteiger partial charge is 0.319 e. The van der Waals surface area contributed by atoms with Gasteiger partial charge in [-0.2, -0.15) is 9.97 Å². The van der Waals surface area contributed by atoms with Crippen LogP contribution in [0.5, 0.6) is 11.8 Å². The van der Waals surface area contributed by atoms with Gasteiger partial charge in [-0.1, -0.05) is 12.0 Å². The first-order chi connectivity index (χ1) is 21.5. The second-order valence-corrected chi connectivity index (χ2v) is 12.5. The Morgan fingerprint density at radius 1 is 1.07 bits per heavy atom. The summed E-state index contributed by atoms with van der Waals surface area (Å²) in [4.78, 5) is 19.2. The second-order valence-electron chi connectivity index (χ2n) is 12.5. The monoisotopic (exact) mass is 597 g/mol. The molecular formula is C34H33F2N5O3. The third-order valence-corrected chi connectivity index (χ3v) is 9.98. The zero-order valence-electron chi connectivity index (χ0n) is 24.4. The van der Waals surface area contributed by atoms with E-state index in [0.717, 1.165) is 51.6 Å². The summed E-state index contributed by atoms with van der Waals surface area (Å²) >= 11 is 0. The molecule has 0 radical (unpaired) electrons. The second kappa shape index (κ2) is 10.5. The number of hydrogen-bond acceptors (Lipinski definition) is 8. The summed E-state index contributed by atoms with van der Waals surface area (Å²) in [6, 6.07) is 5.80. The molecule has 0 spiro atoms. The van der Waals surface area contributed by atoms with Crippen LogP contribution in [-0.2, 0) is 11.2 Å². The number of benzene rings is 2. The lowest BCUT2D eigenvalue weighted by Gasteiger charge is -2.32. The summed E-state index contributed by atoms with van der Waals surface area (Å²) in [5.74, 6) is 1.62. The van der Waals surface area contributed by atoms with Crippen molar-refractivity contribution < 1.29 is 23.4 Å². The van der Waals surface area contributed by atoms with E-state index in [1.807, 2.05) is 0 Å². The van der Waals surface area contributed by atoms with Crippen molar-refractivity contribution in [3.8, 4) is 35.4 Å². The molecule has 8 rings (SSSR count). The molecule has 2 aromatic heterocycles. The van der Waals surface area contributed by atoms with Gasteiger partial charge >= 0.3 is 6.01 Å². The minimum absolute atomic E-state index is 0.0143. The number of ether oxygens (including phenoxy) is 2. The molecule has 3 fully saturated rings. The average molecular weight is 598 g/mol.